The smallest absolute Gasteiger partial charge is 0.315 e. The zero-order chi connectivity index (χ0) is 15.0. The molecule has 112 valence electrons. The van der Waals surface area contributed by atoms with Crippen molar-refractivity contribution in [3.63, 3.8) is 0 Å². The maximum Gasteiger partial charge on any atom is 0.315 e. The van der Waals surface area contributed by atoms with Crippen LogP contribution in [0.4, 0.5) is 4.79 Å². The second kappa shape index (κ2) is 8.19. The number of amides is 2. The van der Waals surface area contributed by atoms with Gasteiger partial charge in [-0.05, 0) is 18.8 Å². The van der Waals surface area contributed by atoms with Gasteiger partial charge in [0.1, 0.15) is 5.82 Å². The zero-order valence-electron chi connectivity index (χ0n) is 11.9. The van der Waals surface area contributed by atoms with Crippen LogP contribution in [0.1, 0.15) is 32.0 Å². The van der Waals surface area contributed by atoms with Crippen LogP contribution in [0.2, 0.25) is 0 Å². The predicted octanol–water partition coefficient (Wildman–Crippen LogP) is 1.11. The summed E-state index contributed by atoms with van der Waals surface area (Å²) in [6, 6.07) is -0.238. The molecule has 7 heteroatoms. The third kappa shape index (κ3) is 6.21. The lowest BCUT2D eigenvalue weighted by Gasteiger charge is -2.11. The fourth-order valence-electron chi connectivity index (χ4n) is 1.73. The minimum absolute atomic E-state index is 0.173. The van der Waals surface area contributed by atoms with Crippen LogP contribution < -0.4 is 10.6 Å². The van der Waals surface area contributed by atoms with E-state index in [0.717, 1.165) is 12.2 Å². The summed E-state index contributed by atoms with van der Waals surface area (Å²) in [4.78, 5) is 26.1. The largest absolute Gasteiger partial charge is 0.481 e. The number of carbonyl (C=O) groups excluding carboxylic acids is 1. The Morgan fingerprint density at radius 1 is 1.40 bits per heavy atom. The van der Waals surface area contributed by atoms with Gasteiger partial charge in [0.25, 0.3) is 0 Å². The Labute approximate surface area is 118 Å². The number of urea groups is 1. The first kappa shape index (κ1) is 16.0. The van der Waals surface area contributed by atoms with Crippen LogP contribution in [0, 0.1) is 5.92 Å². The lowest BCUT2D eigenvalue weighted by atomic mass is 10.0. The molecule has 0 aliphatic rings. The highest BCUT2D eigenvalue weighted by Crippen LogP contribution is 2.08. The monoisotopic (exact) mass is 282 g/mol. The summed E-state index contributed by atoms with van der Waals surface area (Å²) >= 11 is 0. The normalized spacial score (nSPS) is 11.9. The summed E-state index contributed by atoms with van der Waals surface area (Å²) < 4.78 is 1.84. The fraction of sp³-hybridized carbons (Fsp3) is 0.615. The number of carboxylic acid groups (broad SMARTS) is 1. The van der Waals surface area contributed by atoms with Crippen molar-refractivity contribution in [2.75, 3.05) is 6.54 Å². The quantitative estimate of drug-likeness (QED) is 0.665. The lowest BCUT2D eigenvalue weighted by Crippen LogP contribution is -2.36. The number of aryl methyl sites for hydroxylation is 1. The van der Waals surface area contributed by atoms with Crippen LogP contribution in [-0.4, -0.2) is 33.2 Å². The number of hydrogen-bond acceptors (Lipinski definition) is 3. The molecule has 0 bridgehead atoms. The lowest BCUT2D eigenvalue weighted by molar-refractivity contribution is -0.137. The molecule has 0 spiro atoms. The van der Waals surface area contributed by atoms with Crippen LogP contribution in [-0.2, 0) is 18.4 Å². The van der Waals surface area contributed by atoms with Crippen molar-refractivity contribution in [1.29, 1.82) is 0 Å². The summed E-state index contributed by atoms with van der Waals surface area (Å²) in [7, 11) is 1.87. The van der Waals surface area contributed by atoms with E-state index in [9.17, 15) is 9.59 Å². The molecular weight excluding hydrogens is 260 g/mol. The first-order valence-electron chi connectivity index (χ1n) is 6.68. The Hall–Kier alpha value is -2.05. The highest BCUT2D eigenvalue weighted by Gasteiger charge is 2.07. The molecule has 1 heterocycles. The minimum atomic E-state index is -0.780. The van der Waals surface area contributed by atoms with Gasteiger partial charge in [-0.15, -0.1) is 0 Å². The van der Waals surface area contributed by atoms with Gasteiger partial charge in [-0.25, -0.2) is 9.78 Å². The standard InChI is InChI=1S/C13H22N4O3/c1-10(3-4-12(18)19)5-6-15-13(20)16-9-11-14-7-8-17(11)2/h7-8,10H,3-6,9H2,1-2H3,(H,18,19)(H2,15,16,20). The highest BCUT2D eigenvalue weighted by atomic mass is 16.4. The van der Waals surface area contributed by atoms with Crippen LogP contribution in [0.3, 0.4) is 0 Å². The van der Waals surface area contributed by atoms with Crippen molar-refractivity contribution in [2.45, 2.75) is 32.7 Å². The molecular formula is C13H22N4O3. The minimum Gasteiger partial charge on any atom is -0.481 e. The van der Waals surface area contributed by atoms with Gasteiger partial charge in [0.05, 0.1) is 6.54 Å². The van der Waals surface area contributed by atoms with Crippen LogP contribution >= 0.6 is 0 Å². The van der Waals surface area contributed by atoms with Gasteiger partial charge in [0, 0.05) is 32.4 Å². The topological polar surface area (TPSA) is 96.3 Å². The fourth-order valence-corrected chi connectivity index (χ4v) is 1.73. The number of nitrogens with zero attached hydrogens (tertiary/aromatic N) is 2. The summed E-state index contributed by atoms with van der Waals surface area (Å²) in [5.74, 6) is 0.286. The van der Waals surface area contributed by atoms with Gasteiger partial charge < -0.3 is 20.3 Å². The Kier molecular flexibility index (Phi) is 6.55. The third-order valence-electron chi connectivity index (χ3n) is 3.10. The predicted molar refractivity (Wildman–Crippen MR) is 74.1 cm³/mol. The van der Waals surface area contributed by atoms with Crippen molar-refractivity contribution in [2.24, 2.45) is 13.0 Å². The summed E-state index contributed by atoms with van der Waals surface area (Å²) in [6.45, 7) is 2.90. The van der Waals surface area contributed by atoms with E-state index in [4.69, 9.17) is 5.11 Å². The highest BCUT2D eigenvalue weighted by molar-refractivity contribution is 5.73. The van der Waals surface area contributed by atoms with E-state index in [1.807, 2.05) is 24.7 Å². The third-order valence-corrected chi connectivity index (χ3v) is 3.10. The van der Waals surface area contributed by atoms with E-state index in [0.29, 0.717) is 19.5 Å². The van der Waals surface area contributed by atoms with Gasteiger partial charge in [-0.2, -0.15) is 0 Å². The van der Waals surface area contributed by atoms with E-state index in [-0.39, 0.29) is 18.4 Å². The molecule has 1 atom stereocenters. The van der Waals surface area contributed by atoms with Gasteiger partial charge in [0.2, 0.25) is 0 Å². The Morgan fingerprint density at radius 3 is 2.75 bits per heavy atom. The number of rotatable bonds is 8. The van der Waals surface area contributed by atoms with Crippen molar-refractivity contribution in [3.05, 3.63) is 18.2 Å². The first-order chi connectivity index (χ1) is 9.49. The van der Waals surface area contributed by atoms with E-state index in [1.165, 1.54) is 0 Å². The molecule has 1 unspecified atom stereocenters. The summed E-state index contributed by atoms with van der Waals surface area (Å²) in [5, 5.41) is 14.0. The number of carboxylic acids is 1. The van der Waals surface area contributed by atoms with Crippen LogP contribution in [0.25, 0.3) is 0 Å². The number of imidazole rings is 1. The van der Waals surface area contributed by atoms with Crippen LogP contribution in [0.15, 0.2) is 12.4 Å². The number of aliphatic carboxylic acids is 1. The Balaban J connectivity index is 2.11. The number of hydrogen-bond donors (Lipinski definition) is 3. The SMILES string of the molecule is CC(CCNC(=O)NCc1nccn1C)CCC(=O)O. The molecule has 0 saturated carbocycles. The number of aromatic nitrogens is 2. The van der Waals surface area contributed by atoms with Crippen LogP contribution in [0.5, 0.6) is 0 Å². The van der Waals surface area contributed by atoms with E-state index in [2.05, 4.69) is 15.6 Å². The molecule has 0 saturated heterocycles. The Morgan fingerprint density at radius 2 is 2.15 bits per heavy atom. The second-order valence-electron chi connectivity index (χ2n) is 4.89. The van der Waals surface area contributed by atoms with Gasteiger partial charge in [-0.3, -0.25) is 4.79 Å². The van der Waals surface area contributed by atoms with E-state index < -0.39 is 5.97 Å². The van der Waals surface area contributed by atoms with Crippen molar-refractivity contribution in [1.82, 2.24) is 20.2 Å². The summed E-state index contributed by atoms with van der Waals surface area (Å²) in [5.41, 5.74) is 0. The molecule has 1 aromatic rings. The zero-order valence-corrected chi connectivity index (χ0v) is 11.9. The average Bonchev–Trinajstić information content (AvgIpc) is 2.79. The molecule has 2 amide bonds. The Bertz CT molecular complexity index is 445. The molecule has 0 aromatic carbocycles. The average molecular weight is 282 g/mol. The van der Waals surface area contributed by atoms with E-state index >= 15 is 0 Å². The van der Waals surface area contributed by atoms with Gasteiger partial charge >= 0.3 is 12.0 Å². The molecule has 0 aliphatic heterocycles. The van der Waals surface area contributed by atoms with E-state index in [1.54, 1.807) is 6.20 Å². The molecule has 1 aromatic heterocycles. The van der Waals surface area contributed by atoms with Crippen molar-refractivity contribution >= 4 is 12.0 Å². The maximum atomic E-state index is 11.5. The second-order valence-corrected chi connectivity index (χ2v) is 4.89. The molecule has 0 fully saturated rings. The molecule has 20 heavy (non-hydrogen) atoms. The number of carbonyl (C=O) groups is 2. The molecule has 1 rings (SSSR count). The molecule has 7 nitrogen and oxygen atoms in total. The van der Waals surface area contributed by atoms with Gasteiger partial charge in [0.15, 0.2) is 0 Å². The molecule has 0 radical (unpaired) electrons. The van der Waals surface area contributed by atoms with Crippen molar-refractivity contribution in [3.8, 4) is 0 Å². The molecule has 3 N–H and O–H groups in total. The molecule has 0 aliphatic carbocycles. The summed E-state index contributed by atoms with van der Waals surface area (Å²) in [6.07, 6.45) is 5.07. The first-order valence-corrected chi connectivity index (χ1v) is 6.68. The van der Waals surface area contributed by atoms with Crippen molar-refractivity contribution < 1.29 is 14.7 Å². The maximum absolute atomic E-state index is 11.5. The number of nitrogens with one attached hydrogen (secondary N) is 2. The van der Waals surface area contributed by atoms with Gasteiger partial charge in [-0.1, -0.05) is 6.92 Å².